The fourth-order valence-corrected chi connectivity index (χ4v) is 4.11. The predicted octanol–water partition coefficient (Wildman–Crippen LogP) is 4.34. The molecule has 3 aromatic rings. The molecule has 0 bridgehead atoms. The standard InChI is InChI=1S/C17H13N3S/c18-8-14-13-5-3-7-16(13)21-17(14)20-10-11-9-19-15-6-2-1-4-12(11)15/h1-2,4,6,9-10,19H,3,5,7H2/b20-10+. The van der Waals surface area contributed by atoms with Gasteiger partial charge in [-0.1, -0.05) is 18.2 Å². The molecule has 3 nitrogen and oxygen atoms in total. The van der Waals surface area contributed by atoms with Crippen LogP contribution >= 0.6 is 11.3 Å². The number of hydrogen-bond acceptors (Lipinski definition) is 3. The van der Waals surface area contributed by atoms with Crippen molar-refractivity contribution >= 4 is 33.5 Å². The molecule has 1 aliphatic rings. The van der Waals surface area contributed by atoms with Gasteiger partial charge in [0.1, 0.15) is 11.1 Å². The van der Waals surface area contributed by atoms with Crippen LogP contribution in [0, 0.1) is 11.3 Å². The molecule has 0 unspecified atom stereocenters. The number of aromatic amines is 1. The van der Waals surface area contributed by atoms with Crippen LogP contribution in [-0.2, 0) is 12.8 Å². The average Bonchev–Trinajstić information content (AvgIpc) is 3.18. The summed E-state index contributed by atoms with van der Waals surface area (Å²) in [7, 11) is 0. The van der Waals surface area contributed by atoms with E-state index in [1.54, 1.807) is 11.3 Å². The van der Waals surface area contributed by atoms with Gasteiger partial charge in [0.05, 0.1) is 5.56 Å². The first kappa shape index (κ1) is 12.4. The number of benzene rings is 1. The minimum Gasteiger partial charge on any atom is -0.361 e. The summed E-state index contributed by atoms with van der Waals surface area (Å²) in [5.41, 5.74) is 4.17. The highest BCUT2D eigenvalue weighted by Crippen LogP contribution is 2.40. The third-order valence-electron chi connectivity index (χ3n) is 3.96. The quantitative estimate of drug-likeness (QED) is 0.701. The minimum absolute atomic E-state index is 0.781. The van der Waals surface area contributed by atoms with Crippen molar-refractivity contribution < 1.29 is 0 Å². The highest BCUT2D eigenvalue weighted by Gasteiger charge is 2.21. The number of aliphatic imine (C=N–C) groups is 1. The molecule has 0 saturated carbocycles. The summed E-state index contributed by atoms with van der Waals surface area (Å²) < 4.78 is 0. The molecule has 0 saturated heterocycles. The van der Waals surface area contributed by atoms with Crippen molar-refractivity contribution in [3.63, 3.8) is 0 Å². The third-order valence-corrected chi connectivity index (χ3v) is 5.16. The van der Waals surface area contributed by atoms with Gasteiger partial charge in [-0.2, -0.15) is 5.26 Å². The van der Waals surface area contributed by atoms with Crippen molar-refractivity contribution in [2.24, 2.45) is 4.99 Å². The zero-order valence-corrected chi connectivity index (χ0v) is 12.2. The largest absolute Gasteiger partial charge is 0.361 e. The summed E-state index contributed by atoms with van der Waals surface area (Å²) in [6.45, 7) is 0. The molecule has 4 rings (SSSR count). The second kappa shape index (κ2) is 4.87. The van der Waals surface area contributed by atoms with Crippen LogP contribution in [0.25, 0.3) is 10.9 Å². The van der Waals surface area contributed by atoms with Gasteiger partial charge in [-0.25, -0.2) is 4.99 Å². The number of para-hydroxylation sites is 1. The van der Waals surface area contributed by atoms with Crippen LogP contribution in [0.5, 0.6) is 0 Å². The molecule has 2 heterocycles. The summed E-state index contributed by atoms with van der Waals surface area (Å²) in [4.78, 5) is 9.17. The van der Waals surface area contributed by atoms with Gasteiger partial charge in [0, 0.05) is 33.8 Å². The van der Waals surface area contributed by atoms with E-state index in [9.17, 15) is 5.26 Å². The first-order valence-corrected chi connectivity index (χ1v) is 7.83. The first-order chi connectivity index (χ1) is 10.4. The molecule has 0 amide bonds. The number of hydrogen-bond donors (Lipinski definition) is 1. The maximum Gasteiger partial charge on any atom is 0.134 e. The van der Waals surface area contributed by atoms with Crippen molar-refractivity contribution in [2.45, 2.75) is 19.3 Å². The topological polar surface area (TPSA) is 51.9 Å². The zero-order valence-electron chi connectivity index (χ0n) is 11.4. The Morgan fingerprint density at radius 1 is 1.29 bits per heavy atom. The Balaban J connectivity index is 1.75. The Morgan fingerprint density at radius 2 is 2.19 bits per heavy atom. The van der Waals surface area contributed by atoms with Gasteiger partial charge >= 0.3 is 0 Å². The van der Waals surface area contributed by atoms with Gasteiger partial charge in [0.15, 0.2) is 0 Å². The lowest BCUT2D eigenvalue weighted by molar-refractivity contribution is 0.913. The van der Waals surface area contributed by atoms with Crippen LogP contribution in [0.15, 0.2) is 35.5 Å². The molecule has 21 heavy (non-hydrogen) atoms. The monoisotopic (exact) mass is 291 g/mol. The van der Waals surface area contributed by atoms with Crippen molar-refractivity contribution in [1.29, 1.82) is 5.26 Å². The molecular formula is C17H13N3S. The van der Waals surface area contributed by atoms with Crippen LogP contribution in [-0.4, -0.2) is 11.2 Å². The average molecular weight is 291 g/mol. The number of aromatic nitrogens is 1. The molecule has 102 valence electrons. The fraction of sp³-hybridized carbons (Fsp3) is 0.176. The van der Waals surface area contributed by atoms with Crippen LogP contribution in [0.4, 0.5) is 5.00 Å². The number of H-pyrrole nitrogens is 1. The van der Waals surface area contributed by atoms with E-state index < -0.39 is 0 Å². The predicted molar refractivity (Wildman–Crippen MR) is 86.6 cm³/mol. The third kappa shape index (κ3) is 1.98. The normalized spacial score (nSPS) is 13.9. The molecule has 1 N–H and O–H groups in total. The van der Waals surface area contributed by atoms with Crippen molar-refractivity contribution in [2.75, 3.05) is 0 Å². The zero-order chi connectivity index (χ0) is 14.2. The molecule has 0 radical (unpaired) electrons. The number of nitrogens with zero attached hydrogens (tertiary/aromatic N) is 2. The molecule has 1 aromatic carbocycles. The van der Waals surface area contributed by atoms with Gasteiger partial charge in [0.2, 0.25) is 0 Å². The number of rotatable bonds is 2. The van der Waals surface area contributed by atoms with E-state index in [-0.39, 0.29) is 0 Å². The van der Waals surface area contributed by atoms with Crippen LogP contribution in [0.3, 0.4) is 0 Å². The number of thiophene rings is 1. The highest BCUT2D eigenvalue weighted by atomic mass is 32.1. The Morgan fingerprint density at radius 3 is 3.10 bits per heavy atom. The van der Waals surface area contributed by atoms with E-state index >= 15 is 0 Å². The molecule has 0 fully saturated rings. The van der Waals surface area contributed by atoms with Gasteiger partial charge in [-0.3, -0.25) is 0 Å². The van der Waals surface area contributed by atoms with E-state index in [1.807, 2.05) is 30.6 Å². The lowest BCUT2D eigenvalue weighted by Crippen LogP contribution is -1.81. The van der Waals surface area contributed by atoms with E-state index in [0.29, 0.717) is 0 Å². The van der Waals surface area contributed by atoms with Crippen molar-refractivity contribution in [3.8, 4) is 6.07 Å². The molecule has 0 atom stereocenters. The number of nitriles is 1. The maximum absolute atomic E-state index is 9.38. The number of nitrogens with one attached hydrogen (secondary N) is 1. The fourth-order valence-electron chi connectivity index (χ4n) is 2.93. The Bertz CT molecular complexity index is 893. The number of fused-ring (bicyclic) bond motifs is 2. The second-order valence-corrected chi connectivity index (χ2v) is 6.28. The lowest BCUT2D eigenvalue weighted by atomic mass is 10.1. The molecule has 2 aromatic heterocycles. The molecule has 4 heteroatoms. The summed E-state index contributed by atoms with van der Waals surface area (Å²) in [6, 6.07) is 10.5. The van der Waals surface area contributed by atoms with Crippen LogP contribution in [0.1, 0.15) is 28.0 Å². The molecular weight excluding hydrogens is 278 g/mol. The van der Waals surface area contributed by atoms with Crippen LogP contribution in [0.2, 0.25) is 0 Å². The molecule has 0 aliphatic heterocycles. The minimum atomic E-state index is 0.781. The van der Waals surface area contributed by atoms with Gasteiger partial charge in [-0.05, 0) is 30.9 Å². The van der Waals surface area contributed by atoms with E-state index in [2.05, 4.69) is 22.1 Å². The summed E-state index contributed by atoms with van der Waals surface area (Å²) in [5.74, 6) is 0. The van der Waals surface area contributed by atoms with E-state index in [4.69, 9.17) is 0 Å². The highest BCUT2D eigenvalue weighted by molar-refractivity contribution is 7.16. The summed E-state index contributed by atoms with van der Waals surface area (Å²) in [6.07, 6.45) is 7.11. The molecule has 1 aliphatic carbocycles. The second-order valence-electron chi connectivity index (χ2n) is 5.20. The smallest absolute Gasteiger partial charge is 0.134 e. The number of aryl methyl sites for hydroxylation is 1. The Kier molecular flexibility index (Phi) is 2.87. The van der Waals surface area contributed by atoms with Crippen LogP contribution < -0.4 is 0 Å². The Hall–Kier alpha value is -2.38. The summed E-state index contributed by atoms with van der Waals surface area (Å²) in [5, 5.41) is 11.4. The maximum atomic E-state index is 9.38. The first-order valence-electron chi connectivity index (χ1n) is 7.01. The van der Waals surface area contributed by atoms with Gasteiger partial charge in [0.25, 0.3) is 0 Å². The van der Waals surface area contributed by atoms with Crippen molar-refractivity contribution in [3.05, 3.63) is 52.0 Å². The van der Waals surface area contributed by atoms with E-state index in [1.165, 1.54) is 16.9 Å². The summed E-state index contributed by atoms with van der Waals surface area (Å²) >= 11 is 1.67. The SMILES string of the molecule is N#Cc1c(/N=C/c2c[nH]c3ccccc23)sc2c1CCC2. The van der Waals surface area contributed by atoms with Gasteiger partial charge < -0.3 is 4.98 Å². The van der Waals surface area contributed by atoms with Gasteiger partial charge in [-0.15, -0.1) is 11.3 Å². The van der Waals surface area contributed by atoms with E-state index in [0.717, 1.165) is 39.9 Å². The molecule has 0 spiro atoms. The Labute approximate surface area is 126 Å². The lowest BCUT2D eigenvalue weighted by Gasteiger charge is -1.93. The van der Waals surface area contributed by atoms with Crippen molar-refractivity contribution in [1.82, 2.24) is 4.98 Å².